The van der Waals surface area contributed by atoms with Gasteiger partial charge < -0.3 is 20.1 Å². The molecule has 0 saturated heterocycles. The summed E-state index contributed by atoms with van der Waals surface area (Å²) in [6.07, 6.45) is 2.57. The highest BCUT2D eigenvalue weighted by Crippen LogP contribution is 2.31. The van der Waals surface area contributed by atoms with Crippen LogP contribution >= 0.6 is 0 Å². The van der Waals surface area contributed by atoms with Gasteiger partial charge in [-0.1, -0.05) is 12.1 Å². The topological polar surface area (TPSA) is 59.6 Å². The van der Waals surface area contributed by atoms with Gasteiger partial charge in [0.25, 0.3) is 0 Å². The summed E-state index contributed by atoms with van der Waals surface area (Å²) in [5.41, 5.74) is 1.02. The van der Waals surface area contributed by atoms with Gasteiger partial charge in [-0.3, -0.25) is 4.79 Å². The summed E-state index contributed by atoms with van der Waals surface area (Å²) >= 11 is 0. The van der Waals surface area contributed by atoms with E-state index in [1.807, 2.05) is 25.2 Å². The highest BCUT2D eigenvalue weighted by molar-refractivity contribution is 5.76. The minimum absolute atomic E-state index is 0.0533. The molecule has 1 aromatic carbocycles. The molecule has 20 heavy (non-hydrogen) atoms. The van der Waals surface area contributed by atoms with Crippen LogP contribution in [0.15, 0.2) is 18.2 Å². The maximum Gasteiger partial charge on any atom is 0.223 e. The van der Waals surface area contributed by atoms with Crippen molar-refractivity contribution < 1.29 is 14.3 Å². The van der Waals surface area contributed by atoms with Crippen molar-refractivity contribution >= 4 is 5.91 Å². The van der Waals surface area contributed by atoms with Crippen LogP contribution in [0.2, 0.25) is 0 Å². The first kappa shape index (κ1) is 14.7. The molecule has 0 unspecified atom stereocenters. The zero-order valence-corrected chi connectivity index (χ0v) is 12.1. The molecule has 0 bridgehead atoms. The fourth-order valence-corrected chi connectivity index (χ4v) is 1.99. The van der Waals surface area contributed by atoms with E-state index in [0.717, 1.165) is 18.4 Å². The molecule has 1 fully saturated rings. The normalized spacial score (nSPS) is 13.9. The summed E-state index contributed by atoms with van der Waals surface area (Å²) in [4.78, 5) is 11.6. The number of hydrogen-bond acceptors (Lipinski definition) is 4. The number of carbonyl (C=O) groups is 1. The molecule has 0 aromatic heterocycles. The minimum Gasteiger partial charge on any atom is -0.493 e. The van der Waals surface area contributed by atoms with Crippen LogP contribution in [0, 0.1) is 0 Å². The number of hydrogen-bond donors (Lipinski definition) is 2. The fraction of sp³-hybridized carbons (Fsp3) is 0.533. The first-order valence-corrected chi connectivity index (χ1v) is 6.97. The Balaban J connectivity index is 1.90. The monoisotopic (exact) mass is 278 g/mol. The Morgan fingerprint density at radius 1 is 1.40 bits per heavy atom. The lowest BCUT2D eigenvalue weighted by Gasteiger charge is -2.14. The van der Waals surface area contributed by atoms with E-state index in [1.54, 1.807) is 7.11 Å². The van der Waals surface area contributed by atoms with Gasteiger partial charge in [-0.25, -0.2) is 0 Å². The van der Waals surface area contributed by atoms with Gasteiger partial charge in [0, 0.05) is 18.2 Å². The molecule has 0 atom stereocenters. The molecular formula is C15H22N2O3. The second-order valence-electron chi connectivity index (χ2n) is 4.92. The Bertz CT molecular complexity index is 458. The van der Waals surface area contributed by atoms with E-state index in [0.29, 0.717) is 37.1 Å². The maximum absolute atomic E-state index is 11.6. The lowest BCUT2D eigenvalue weighted by atomic mass is 10.2. The lowest BCUT2D eigenvalue weighted by molar-refractivity contribution is -0.121. The maximum atomic E-state index is 11.6. The van der Waals surface area contributed by atoms with Crippen molar-refractivity contribution in [1.82, 2.24) is 10.6 Å². The van der Waals surface area contributed by atoms with Crippen molar-refractivity contribution in [1.29, 1.82) is 0 Å². The summed E-state index contributed by atoms with van der Waals surface area (Å²) in [7, 11) is 3.50. The molecular weight excluding hydrogens is 256 g/mol. The number of methoxy groups -OCH3 is 1. The Morgan fingerprint density at radius 3 is 2.85 bits per heavy atom. The van der Waals surface area contributed by atoms with Crippen LogP contribution < -0.4 is 20.1 Å². The van der Waals surface area contributed by atoms with E-state index >= 15 is 0 Å². The van der Waals surface area contributed by atoms with Crippen LogP contribution in [0.25, 0.3) is 0 Å². The number of rotatable bonds is 8. The molecule has 2 rings (SSSR count). The van der Waals surface area contributed by atoms with E-state index in [1.165, 1.54) is 0 Å². The predicted molar refractivity (Wildman–Crippen MR) is 77.0 cm³/mol. The summed E-state index contributed by atoms with van der Waals surface area (Å²) in [6, 6.07) is 6.17. The van der Waals surface area contributed by atoms with Gasteiger partial charge in [-0.15, -0.1) is 0 Å². The van der Waals surface area contributed by atoms with E-state index in [4.69, 9.17) is 9.47 Å². The quantitative estimate of drug-likeness (QED) is 0.756. The predicted octanol–water partition coefficient (Wildman–Crippen LogP) is 1.46. The molecule has 2 N–H and O–H groups in total. The summed E-state index contributed by atoms with van der Waals surface area (Å²) in [6.45, 7) is 1.05. The number of amides is 1. The van der Waals surface area contributed by atoms with E-state index in [2.05, 4.69) is 10.6 Å². The number of para-hydroxylation sites is 1. The number of benzene rings is 1. The second-order valence-corrected chi connectivity index (χ2v) is 4.92. The van der Waals surface area contributed by atoms with E-state index < -0.39 is 0 Å². The summed E-state index contributed by atoms with van der Waals surface area (Å²) in [5.74, 6) is 1.46. The molecule has 0 radical (unpaired) electrons. The largest absolute Gasteiger partial charge is 0.493 e. The number of nitrogens with one attached hydrogen (secondary N) is 2. The average molecular weight is 278 g/mol. The Kier molecular flexibility index (Phi) is 5.24. The average Bonchev–Trinajstić information content (AvgIpc) is 3.24. The lowest BCUT2D eigenvalue weighted by Crippen LogP contribution is -2.26. The Hall–Kier alpha value is -1.75. The van der Waals surface area contributed by atoms with Crippen LogP contribution in [0.5, 0.6) is 11.5 Å². The van der Waals surface area contributed by atoms with Crippen molar-refractivity contribution in [2.24, 2.45) is 0 Å². The zero-order valence-electron chi connectivity index (χ0n) is 12.1. The van der Waals surface area contributed by atoms with Crippen molar-refractivity contribution in [2.45, 2.75) is 31.8 Å². The van der Waals surface area contributed by atoms with Gasteiger partial charge in [-0.2, -0.15) is 0 Å². The standard InChI is InChI=1S/C15H22N2O3/c1-16-10-11-4-3-5-13(19-2)15(11)20-9-8-14(18)17-12-6-7-12/h3-5,12,16H,6-10H2,1-2H3,(H,17,18). The third-order valence-electron chi connectivity index (χ3n) is 3.17. The molecule has 5 heteroatoms. The molecule has 0 spiro atoms. The molecule has 1 aliphatic carbocycles. The van der Waals surface area contributed by atoms with Crippen molar-refractivity contribution in [3.8, 4) is 11.5 Å². The molecule has 5 nitrogen and oxygen atoms in total. The Morgan fingerprint density at radius 2 is 2.20 bits per heavy atom. The first-order chi connectivity index (χ1) is 9.74. The zero-order chi connectivity index (χ0) is 14.4. The smallest absolute Gasteiger partial charge is 0.223 e. The number of ether oxygens (including phenoxy) is 2. The molecule has 1 saturated carbocycles. The molecule has 1 aromatic rings. The fourth-order valence-electron chi connectivity index (χ4n) is 1.99. The van der Waals surface area contributed by atoms with Crippen LogP contribution in [0.3, 0.4) is 0 Å². The van der Waals surface area contributed by atoms with Crippen molar-refractivity contribution in [2.75, 3.05) is 20.8 Å². The first-order valence-electron chi connectivity index (χ1n) is 6.97. The van der Waals surface area contributed by atoms with E-state index in [-0.39, 0.29) is 5.91 Å². The van der Waals surface area contributed by atoms with Gasteiger partial charge in [0.15, 0.2) is 11.5 Å². The Labute approximate surface area is 119 Å². The minimum atomic E-state index is 0.0533. The number of carbonyl (C=O) groups excluding carboxylic acids is 1. The van der Waals surface area contributed by atoms with Crippen LogP contribution in [0.4, 0.5) is 0 Å². The van der Waals surface area contributed by atoms with Crippen LogP contribution in [0.1, 0.15) is 24.8 Å². The molecule has 0 aliphatic heterocycles. The highest BCUT2D eigenvalue weighted by atomic mass is 16.5. The highest BCUT2D eigenvalue weighted by Gasteiger charge is 2.23. The van der Waals surface area contributed by atoms with Gasteiger partial charge in [0.2, 0.25) is 5.91 Å². The molecule has 1 aliphatic rings. The van der Waals surface area contributed by atoms with Crippen molar-refractivity contribution in [3.05, 3.63) is 23.8 Å². The van der Waals surface area contributed by atoms with Crippen LogP contribution in [-0.2, 0) is 11.3 Å². The molecule has 1 amide bonds. The molecule has 110 valence electrons. The third kappa shape index (κ3) is 4.13. The summed E-state index contributed by atoms with van der Waals surface area (Å²) < 4.78 is 11.1. The van der Waals surface area contributed by atoms with Gasteiger partial charge in [0.1, 0.15) is 0 Å². The van der Waals surface area contributed by atoms with E-state index in [9.17, 15) is 4.79 Å². The van der Waals surface area contributed by atoms with Gasteiger partial charge >= 0.3 is 0 Å². The van der Waals surface area contributed by atoms with Gasteiger partial charge in [0.05, 0.1) is 20.1 Å². The third-order valence-corrected chi connectivity index (χ3v) is 3.17. The van der Waals surface area contributed by atoms with Gasteiger partial charge in [-0.05, 0) is 26.0 Å². The summed E-state index contributed by atoms with van der Waals surface area (Å²) in [5, 5.41) is 6.04. The second kappa shape index (κ2) is 7.14. The van der Waals surface area contributed by atoms with Crippen LogP contribution in [-0.4, -0.2) is 32.7 Å². The molecule has 0 heterocycles. The van der Waals surface area contributed by atoms with Crippen molar-refractivity contribution in [3.63, 3.8) is 0 Å². The SMILES string of the molecule is CNCc1cccc(OC)c1OCCC(=O)NC1CC1.